The Morgan fingerprint density at radius 2 is 1.83 bits per heavy atom. The molecule has 0 aliphatic carbocycles. The molecule has 1 amide bonds. The Morgan fingerprint density at radius 3 is 2.39 bits per heavy atom. The number of nitrogens with one attached hydrogen (secondary N) is 1. The smallest absolute Gasteiger partial charge is 0.339 e. The fourth-order valence-corrected chi connectivity index (χ4v) is 2.41. The minimum atomic E-state index is -4.37. The summed E-state index contributed by atoms with van der Waals surface area (Å²) >= 11 is 0. The summed E-state index contributed by atoms with van der Waals surface area (Å²) < 4.78 is 51.9. The number of hydrogen-bond donors (Lipinski definition) is 1. The van der Waals surface area contributed by atoms with Gasteiger partial charge in [0, 0.05) is 17.1 Å². The number of aromatic nitrogens is 1. The van der Waals surface area contributed by atoms with Crippen molar-refractivity contribution in [3.8, 4) is 0 Å². The largest absolute Gasteiger partial charge is 0.406 e. The Kier molecular flexibility index (Phi) is 4.49. The molecule has 3 nitrogen and oxygen atoms in total. The van der Waals surface area contributed by atoms with Crippen LogP contribution in [0, 0.1) is 26.6 Å². The van der Waals surface area contributed by atoms with Gasteiger partial charge < -0.3 is 9.88 Å². The lowest BCUT2D eigenvalue weighted by atomic mass is 10.1. The first-order chi connectivity index (χ1) is 10.6. The molecule has 124 valence electrons. The van der Waals surface area contributed by atoms with Crippen LogP contribution in [0.3, 0.4) is 0 Å². The monoisotopic (exact) mass is 328 g/mol. The van der Waals surface area contributed by atoms with Crippen LogP contribution in [-0.2, 0) is 6.54 Å². The van der Waals surface area contributed by atoms with Crippen molar-refractivity contribution in [3.05, 3.63) is 52.6 Å². The second kappa shape index (κ2) is 6.06. The van der Waals surface area contributed by atoms with Gasteiger partial charge in [0.05, 0.1) is 5.56 Å². The topological polar surface area (TPSA) is 34.0 Å². The van der Waals surface area contributed by atoms with Crippen LogP contribution < -0.4 is 5.32 Å². The van der Waals surface area contributed by atoms with Crippen LogP contribution in [0.2, 0.25) is 0 Å². The summed E-state index contributed by atoms with van der Waals surface area (Å²) in [6.07, 6.45) is -4.37. The molecule has 0 spiro atoms. The van der Waals surface area contributed by atoms with Crippen LogP contribution in [0.4, 0.5) is 23.2 Å². The first-order valence-corrected chi connectivity index (χ1v) is 6.89. The fraction of sp³-hybridized carbons (Fsp3) is 0.312. The summed E-state index contributed by atoms with van der Waals surface area (Å²) in [6.45, 7) is 3.46. The third-order valence-electron chi connectivity index (χ3n) is 3.59. The van der Waals surface area contributed by atoms with E-state index in [0.717, 1.165) is 4.57 Å². The van der Waals surface area contributed by atoms with E-state index >= 15 is 0 Å². The first kappa shape index (κ1) is 17.1. The van der Waals surface area contributed by atoms with Crippen molar-refractivity contribution in [1.29, 1.82) is 0 Å². The van der Waals surface area contributed by atoms with E-state index in [1.165, 1.54) is 38.1 Å². The Hall–Kier alpha value is -2.31. The number of nitrogens with zero attached hydrogens (tertiary/aromatic N) is 1. The number of amides is 1. The Bertz CT molecular complexity index is 747. The minimum absolute atomic E-state index is 0.162. The van der Waals surface area contributed by atoms with E-state index < -0.39 is 24.4 Å². The maximum absolute atomic E-state index is 13.1. The van der Waals surface area contributed by atoms with Gasteiger partial charge in [0.1, 0.15) is 12.4 Å². The second-order valence-corrected chi connectivity index (χ2v) is 5.40. The Morgan fingerprint density at radius 1 is 1.17 bits per heavy atom. The molecular weight excluding hydrogens is 312 g/mol. The third kappa shape index (κ3) is 3.91. The molecule has 0 aliphatic rings. The fourth-order valence-electron chi connectivity index (χ4n) is 2.41. The van der Waals surface area contributed by atoms with Crippen molar-refractivity contribution < 1.29 is 22.4 Å². The Balaban J connectivity index is 2.28. The quantitative estimate of drug-likeness (QED) is 0.834. The van der Waals surface area contributed by atoms with Crippen molar-refractivity contribution in [2.45, 2.75) is 33.5 Å². The molecule has 0 fully saturated rings. The lowest BCUT2D eigenvalue weighted by Gasteiger charge is -2.13. The van der Waals surface area contributed by atoms with Gasteiger partial charge in [-0.15, -0.1) is 0 Å². The van der Waals surface area contributed by atoms with Crippen LogP contribution in [0.1, 0.15) is 27.3 Å². The lowest BCUT2D eigenvalue weighted by molar-refractivity contribution is -0.141. The number of aryl methyl sites for hydroxylation is 2. The van der Waals surface area contributed by atoms with Gasteiger partial charge in [-0.05, 0) is 50.6 Å². The van der Waals surface area contributed by atoms with Crippen LogP contribution in [0.15, 0.2) is 24.3 Å². The zero-order valence-electron chi connectivity index (χ0n) is 12.9. The van der Waals surface area contributed by atoms with Crippen molar-refractivity contribution >= 4 is 11.6 Å². The number of anilines is 1. The standard InChI is InChI=1S/C16H16F4N2O/c1-9-6-12(17)4-5-14(9)21-15(23)13-7-10(2)22(11(13)3)8-16(18,19)20/h4-7H,8H2,1-3H3,(H,21,23). The van der Waals surface area contributed by atoms with Gasteiger partial charge in [-0.1, -0.05) is 0 Å². The lowest BCUT2D eigenvalue weighted by Crippen LogP contribution is -2.20. The number of carbonyl (C=O) groups excluding carboxylic acids is 1. The number of carbonyl (C=O) groups is 1. The molecule has 0 atom stereocenters. The predicted octanol–water partition coefficient (Wildman–Crippen LogP) is 4.37. The van der Waals surface area contributed by atoms with E-state index in [1.807, 2.05) is 0 Å². The zero-order chi connectivity index (χ0) is 17.4. The van der Waals surface area contributed by atoms with E-state index in [1.54, 1.807) is 6.92 Å². The van der Waals surface area contributed by atoms with Crippen molar-refractivity contribution in [2.24, 2.45) is 0 Å². The highest BCUT2D eigenvalue weighted by Crippen LogP contribution is 2.24. The van der Waals surface area contributed by atoms with Gasteiger partial charge >= 0.3 is 6.18 Å². The average Bonchev–Trinajstić information content (AvgIpc) is 2.68. The van der Waals surface area contributed by atoms with Crippen LogP contribution >= 0.6 is 0 Å². The van der Waals surface area contributed by atoms with Gasteiger partial charge in [0.15, 0.2) is 0 Å². The Labute approximate surface area is 130 Å². The van der Waals surface area contributed by atoms with Crippen molar-refractivity contribution in [3.63, 3.8) is 0 Å². The normalized spacial score (nSPS) is 11.6. The molecule has 1 heterocycles. The highest BCUT2D eigenvalue weighted by atomic mass is 19.4. The molecule has 0 bridgehead atoms. The number of benzene rings is 1. The van der Waals surface area contributed by atoms with Crippen LogP contribution in [0.25, 0.3) is 0 Å². The van der Waals surface area contributed by atoms with Gasteiger partial charge in [-0.3, -0.25) is 4.79 Å². The van der Waals surface area contributed by atoms with E-state index in [2.05, 4.69) is 5.32 Å². The SMILES string of the molecule is Cc1cc(F)ccc1NC(=O)c1cc(C)n(CC(F)(F)F)c1C. The molecule has 0 unspecified atom stereocenters. The van der Waals surface area contributed by atoms with E-state index in [0.29, 0.717) is 16.9 Å². The summed E-state index contributed by atoms with van der Waals surface area (Å²) in [7, 11) is 0. The summed E-state index contributed by atoms with van der Waals surface area (Å²) in [5.74, 6) is -0.954. The molecule has 2 rings (SSSR count). The van der Waals surface area contributed by atoms with Gasteiger partial charge in [0.2, 0.25) is 0 Å². The maximum atomic E-state index is 13.1. The number of alkyl halides is 3. The van der Waals surface area contributed by atoms with Gasteiger partial charge in [-0.25, -0.2) is 4.39 Å². The highest BCUT2D eigenvalue weighted by Gasteiger charge is 2.30. The average molecular weight is 328 g/mol. The summed E-state index contributed by atoms with van der Waals surface area (Å²) in [6, 6.07) is 5.30. The molecule has 7 heteroatoms. The minimum Gasteiger partial charge on any atom is -0.339 e. The molecule has 2 aromatic rings. The number of hydrogen-bond acceptors (Lipinski definition) is 1. The molecule has 1 aromatic heterocycles. The van der Waals surface area contributed by atoms with Crippen LogP contribution in [0.5, 0.6) is 0 Å². The highest BCUT2D eigenvalue weighted by molar-refractivity contribution is 6.05. The number of halogens is 4. The molecule has 0 saturated heterocycles. The molecule has 1 N–H and O–H groups in total. The molecule has 0 saturated carbocycles. The van der Waals surface area contributed by atoms with Crippen LogP contribution in [-0.4, -0.2) is 16.7 Å². The molecular formula is C16H16F4N2O. The summed E-state index contributed by atoms with van der Waals surface area (Å²) in [5.41, 5.74) is 1.69. The predicted molar refractivity (Wildman–Crippen MR) is 79.1 cm³/mol. The van der Waals surface area contributed by atoms with Gasteiger partial charge in [-0.2, -0.15) is 13.2 Å². The maximum Gasteiger partial charge on any atom is 0.406 e. The first-order valence-electron chi connectivity index (χ1n) is 6.89. The molecule has 23 heavy (non-hydrogen) atoms. The summed E-state index contributed by atoms with van der Waals surface area (Å²) in [4.78, 5) is 12.3. The van der Waals surface area contributed by atoms with Crippen molar-refractivity contribution in [1.82, 2.24) is 4.57 Å². The van der Waals surface area contributed by atoms with Gasteiger partial charge in [0.25, 0.3) is 5.91 Å². The molecule has 0 radical (unpaired) electrons. The van der Waals surface area contributed by atoms with E-state index in [4.69, 9.17) is 0 Å². The molecule has 1 aromatic carbocycles. The van der Waals surface area contributed by atoms with Crippen molar-refractivity contribution in [2.75, 3.05) is 5.32 Å². The number of rotatable bonds is 3. The van der Waals surface area contributed by atoms with E-state index in [-0.39, 0.29) is 11.3 Å². The summed E-state index contributed by atoms with van der Waals surface area (Å²) in [5, 5.41) is 2.60. The third-order valence-corrected chi connectivity index (χ3v) is 3.59. The van der Waals surface area contributed by atoms with E-state index in [9.17, 15) is 22.4 Å². The molecule has 0 aliphatic heterocycles. The zero-order valence-corrected chi connectivity index (χ0v) is 12.9. The second-order valence-electron chi connectivity index (χ2n) is 5.40.